The summed E-state index contributed by atoms with van der Waals surface area (Å²) in [5.41, 5.74) is 4.64. The van der Waals surface area contributed by atoms with Crippen molar-refractivity contribution >= 4 is 11.8 Å². The second-order valence-corrected chi connectivity index (χ2v) is 4.15. The van der Waals surface area contributed by atoms with Gasteiger partial charge in [0.1, 0.15) is 6.26 Å². The van der Waals surface area contributed by atoms with E-state index in [1.807, 2.05) is 0 Å². The molecule has 2 amide bonds. The average molecular weight is 292 g/mol. The Hall–Kier alpha value is -2.83. The van der Waals surface area contributed by atoms with Gasteiger partial charge in [0.05, 0.1) is 11.8 Å². The van der Waals surface area contributed by atoms with Gasteiger partial charge in [-0.2, -0.15) is 0 Å². The first-order chi connectivity index (χ1) is 10.1. The lowest BCUT2D eigenvalue weighted by atomic mass is 10.3. The van der Waals surface area contributed by atoms with Gasteiger partial charge in [-0.05, 0) is 25.1 Å². The summed E-state index contributed by atoms with van der Waals surface area (Å²) in [6, 6.07) is 7.17. The molecule has 7 heteroatoms. The number of hydrogen-bond acceptors (Lipinski definition) is 4. The van der Waals surface area contributed by atoms with Crippen LogP contribution in [0.3, 0.4) is 0 Å². The molecule has 0 aliphatic heterocycles. The van der Waals surface area contributed by atoms with Crippen molar-refractivity contribution < 1.29 is 23.1 Å². The lowest BCUT2D eigenvalue weighted by Crippen LogP contribution is -2.47. The Bertz CT molecular complexity index is 628. The van der Waals surface area contributed by atoms with Gasteiger partial charge in [0.25, 0.3) is 11.8 Å². The Morgan fingerprint density at radius 2 is 2.00 bits per heavy atom. The molecule has 0 fully saturated rings. The summed E-state index contributed by atoms with van der Waals surface area (Å²) in [5.74, 6) is -1.76. The molecule has 0 spiro atoms. The first-order valence-electron chi connectivity index (χ1n) is 6.11. The molecule has 1 heterocycles. The van der Waals surface area contributed by atoms with Crippen molar-refractivity contribution in [1.82, 2.24) is 10.9 Å². The van der Waals surface area contributed by atoms with E-state index >= 15 is 0 Å². The van der Waals surface area contributed by atoms with Crippen LogP contribution in [-0.2, 0) is 4.79 Å². The first-order valence-corrected chi connectivity index (χ1v) is 6.11. The van der Waals surface area contributed by atoms with Crippen molar-refractivity contribution in [3.05, 3.63) is 54.2 Å². The quantitative estimate of drug-likeness (QED) is 0.840. The van der Waals surface area contributed by atoms with Gasteiger partial charge in [0, 0.05) is 0 Å². The van der Waals surface area contributed by atoms with E-state index in [1.54, 1.807) is 6.07 Å². The highest BCUT2D eigenvalue weighted by molar-refractivity contribution is 5.95. The topological polar surface area (TPSA) is 80.6 Å². The van der Waals surface area contributed by atoms with Crippen LogP contribution < -0.4 is 15.6 Å². The zero-order valence-electron chi connectivity index (χ0n) is 11.1. The lowest BCUT2D eigenvalue weighted by Gasteiger charge is -2.15. The summed E-state index contributed by atoms with van der Waals surface area (Å²) < 4.78 is 23.3. The van der Waals surface area contributed by atoms with Crippen LogP contribution in [0.5, 0.6) is 5.75 Å². The van der Waals surface area contributed by atoms with Crippen LogP contribution >= 0.6 is 0 Å². The van der Waals surface area contributed by atoms with E-state index < -0.39 is 23.7 Å². The smallest absolute Gasteiger partial charge is 0.279 e. The number of carbonyl (C=O) groups excluding carboxylic acids is 2. The SMILES string of the molecule is C[C@@H](Oc1ccccc1F)C(=O)NNC(=O)c1ccoc1. The molecule has 1 atom stereocenters. The number of rotatable bonds is 4. The first kappa shape index (κ1) is 14.6. The van der Waals surface area contributed by atoms with E-state index in [4.69, 9.17) is 9.15 Å². The maximum atomic E-state index is 13.4. The number of hydrazine groups is 1. The fourth-order valence-corrected chi connectivity index (χ4v) is 1.47. The van der Waals surface area contributed by atoms with Gasteiger partial charge >= 0.3 is 0 Å². The third-order valence-electron chi connectivity index (χ3n) is 2.59. The summed E-state index contributed by atoms with van der Waals surface area (Å²) in [5, 5.41) is 0. The zero-order chi connectivity index (χ0) is 15.2. The lowest BCUT2D eigenvalue weighted by molar-refractivity contribution is -0.128. The maximum absolute atomic E-state index is 13.4. The van der Waals surface area contributed by atoms with Crippen molar-refractivity contribution in [2.45, 2.75) is 13.0 Å². The third kappa shape index (κ3) is 3.82. The van der Waals surface area contributed by atoms with Crippen LogP contribution in [0.4, 0.5) is 4.39 Å². The standard InChI is InChI=1S/C14H13FN2O4/c1-9(21-12-5-3-2-4-11(12)15)13(18)16-17-14(19)10-6-7-20-8-10/h2-9H,1H3,(H,16,18)(H,17,19)/t9-/m1/s1. The number of benzene rings is 1. The molecule has 0 radical (unpaired) electrons. The molecule has 110 valence electrons. The van der Waals surface area contributed by atoms with Gasteiger partial charge in [-0.25, -0.2) is 4.39 Å². The Morgan fingerprint density at radius 1 is 1.24 bits per heavy atom. The van der Waals surface area contributed by atoms with E-state index in [2.05, 4.69) is 10.9 Å². The van der Waals surface area contributed by atoms with Crippen molar-refractivity contribution in [3.63, 3.8) is 0 Å². The molecule has 6 nitrogen and oxygen atoms in total. The molecular weight excluding hydrogens is 279 g/mol. The normalized spacial score (nSPS) is 11.5. The van der Waals surface area contributed by atoms with Crippen LogP contribution in [0.1, 0.15) is 17.3 Å². The number of para-hydroxylation sites is 1. The minimum absolute atomic E-state index is 0.0405. The fraction of sp³-hybridized carbons (Fsp3) is 0.143. The number of amides is 2. The van der Waals surface area contributed by atoms with Crippen molar-refractivity contribution in [2.75, 3.05) is 0 Å². The third-order valence-corrected chi connectivity index (χ3v) is 2.59. The molecule has 0 aliphatic rings. The van der Waals surface area contributed by atoms with E-state index in [0.29, 0.717) is 0 Å². The number of ether oxygens (including phenoxy) is 1. The Morgan fingerprint density at radius 3 is 2.67 bits per heavy atom. The van der Waals surface area contributed by atoms with Crippen LogP contribution in [0, 0.1) is 5.82 Å². The molecule has 1 aromatic heterocycles. The maximum Gasteiger partial charge on any atom is 0.279 e. The molecule has 21 heavy (non-hydrogen) atoms. The van der Waals surface area contributed by atoms with Gasteiger partial charge in [-0.3, -0.25) is 20.4 Å². The second kappa shape index (κ2) is 6.56. The van der Waals surface area contributed by atoms with Gasteiger partial charge < -0.3 is 9.15 Å². The van der Waals surface area contributed by atoms with Gasteiger partial charge in [0.2, 0.25) is 0 Å². The fourth-order valence-electron chi connectivity index (χ4n) is 1.47. The van der Waals surface area contributed by atoms with Gasteiger partial charge in [-0.15, -0.1) is 0 Å². The predicted molar refractivity (Wildman–Crippen MR) is 70.8 cm³/mol. The molecule has 2 aromatic rings. The number of hydrogen-bond donors (Lipinski definition) is 2. The molecule has 2 N–H and O–H groups in total. The molecular formula is C14H13FN2O4. The number of halogens is 1. The number of furan rings is 1. The summed E-state index contributed by atoms with van der Waals surface area (Å²) in [4.78, 5) is 23.3. The Labute approximate surface area is 119 Å². The molecule has 2 rings (SSSR count). The predicted octanol–water partition coefficient (Wildman–Crippen LogP) is 1.65. The molecule has 0 aliphatic carbocycles. The molecule has 0 bridgehead atoms. The largest absolute Gasteiger partial charge is 0.478 e. The minimum Gasteiger partial charge on any atom is -0.478 e. The van der Waals surface area contributed by atoms with Crippen LogP contribution in [0.15, 0.2) is 47.3 Å². The summed E-state index contributed by atoms with van der Waals surface area (Å²) in [6.07, 6.45) is 1.59. The van der Waals surface area contributed by atoms with E-state index in [1.165, 1.54) is 43.7 Å². The van der Waals surface area contributed by atoms with Crippen LogP contribution in [0.25, 0.3) is 0 Å². The summed E-state index contributed by atoms with van der Waals surface area (Å²) >= 11 is 0. The molecule has 0 unspecified atom stereocenters. The van der Waals surface area contributed by atoms with Gasteiger partial charge in [-0.1, -0.05) is 12.1 Å². The monoisotopic (exact) mass is 292 g/mol. The highest BCUT2D eigenvalue weighted by Gasteiger charge is 2.17. The summed E-state index contributed by atoms with van der Waals surface area (Å²) in [7, 11) is 0. The zero-order valence-corrected chi connectivity index (χ0v) is 11.1. The molecule has 0 saturated carbocycles. The highest BCUT2D eigenvalue weighted by Crippen LogP contribution is 2.16. The highest BCUT2D eigenvalue weighted by atomic mass is 19.1. The van der Waals surface area contributed by atoms with Crippen molar-refractivity contribution in [2.24, 2.45) is 0 Å². The van der Waals surface area contributed by atoms with E-state index in [0.717, 1.165) is 0 Å². The van der Waals surface area contributed by atoms with Crippen LogP contribution in [0.2, 0.25) is 0 Å². The minimum atomic E-state index is -0.980. The second-order valence-electron chi connectivity index (χ2n) is 4.15. The summed E-state index contributed by atoms with van der Waals surface area (Å²) in [6.45, 7) is 1.44. The Kier molecular flexibility index (Phi) is 4.55. The Balaban J connectivity index is 1.86. The van der Waals surface area contributed by atoms with Gasteiger partial charge in [0.15, 0.2) is 17.7 Å². The molecule has 0 saturated heterocycles. The van der Waals surface area contributed by atoms with E-state index in [-0.39, 0.29) is 11.3 Å². The van der Waals surface area contributed by atoms with E-state index in [9.17, 15) is 14.0 Å². The van der Waals surface area contributed by atoms with Crippen LogP contribution in [-0.4, -0.2) is 17.9 Å². The molecule has 1 aromatic carbocycles. The van der Waals surface area contributed by atoms with Crippen molar-refractivity contribution in [1.29, 1.82) is 0 Å². The average Bonchev–Trinajstić information content (AvgIpc) is 3.01. The number of carbonyl (C=O) groups is 2. The van der Waals surface area contributed by atoms with Crippen molar-refractivity contribution in [3.8, 4) is 5.75 Å². The number of nitrogens with one attached hydrogen (secondary N) is 2.